The second kappa shape index (κ2) is 5.22. The largest absolute Gasteiger partial charge is 0.314 e. The fourth-order valence-electron chi connectivity index (χ4n) is 1.62. The highest BCUT2D eigenvalue weighted by atomic mass is 14.9. The summed E-state index contributed by atoms with van der Waals surface area (Å²) < 4.78 is 0. The summed E-state index contributed by atoms with van der Waals surface area (Å²) >= 11 is 0. The van der Waals surface area contributed by atoms with Crippen molar-refractivity contribution in [3.8, 4) is 12.3 Å². The third kappa shape index (κ3) is 3.28. The fourth-order valence-corrected chi connectivity index (χ4v) is 1.62. The van der Waals surface area contributed by atoms with Crippen LogP contribution in [0.1, 0.15) is 39.0 Å². The molecule has 1 rings (SSSR count). The van der Waals surface area contributed by atoms with E-state index in [0.29, 0.717) is 0 Å². The molecule has 0 heterocycles. The molecule has 0 spiro atoms. The molecule has 0 bridgehead atoms. The number of nitrogens with one attached hydrogen (secondary N) is 1. The maximum Gasteiger partial charge on any atom is 0.00981 e. The molecule has 1 N–H and O–H groups in total. The zero-order chi connectivity index (χ0) is 8.81. The lowest BCUT2D eigenvalue weighted by atomic mass is 10.1. The molecule has 1 aliphatic rings. The van der Waals surface area contributed by atoms with Crippen LogP contribution in [0.25, 0.3) is 0 Å². The van der Waals surface area contributed by atoms with Crippen LogP contribution in [0, 0.1) is 18.3 Å². The Morgan fingerprint density at radius 1 is 1.58 bits per heavy atom. The van der Waals surface area contributed by atoms with Crippen LogP contribution in [0.15, 0.2) is 0 Å². The summed E-state index contributed by atoms with van der Waals surface area (Å²) in [4.78, 5) is 0. The van der Waals surface area contributed by atoms with Crippen LogP contribution in [-0.4, -0.2) is 12.6 Å². The number of rotatable bonds is 6. The van der Waals surface area contributed by atoms with E-state index in [2.05, 4.69) is 18.2 Å². The summed E-state index contributed by atoms with van der Waals surface area (Å²) in [5.41, 5.74) is 0. The third-order valence-electron chi connectivity index (χ3n) is 2.54. The molecule has 0 aromatic carbocycles. The van der Waals surface area contributed by atoms with E-state index in [0.717, 1.165) is 31.3 Å². The third-order valence-corrected chi connectivity index (χ3v) is 2.54. The molecule has 1 heteroatoms. The molecule has 0 aromatic rings. The summed E-state index contributed by atoms with van der Waals surface area (Å²) in [7, 11) is 0. The van der Waals surface area contributed by atoms with Crippen molar-refractivity contribution < 1.29 is 0 Å². The lowest BCUT2D eigenvalue weighted by Gasteiger charge is -2.15. The van der Waals surface area contributed by atoms with Gasteiger partial charge in [-0.3, -0.25) is 0 Å². The Balaban J connectivity index is 1.99. The van der Waals surface area contributed by atoms with E-state index in [1.165, 1.54) is 19.3 Å². The average Bonchev–Trinajstić information content (AvgIpc) is 2.88. The van der Waals surface area contributed by atoms with Crippen LogP contribution in [0.3, 0.4) is 0 Å². The van der Waals surface area contributed by atoms with Crippen molar-refractivity contribution in [3.63, 3.8) is 0 Å². The van der Waals surface area contributed by atoms with E-state index in [4.69, 9.17) is 6.42 Å². The van der Waals surface area contributed by atoms with Gasteiger partial charge in [-0.05, 0) is 38.1 Å². The normalized spacial score (nSPS) is 18.7. The fraction of sp³-hybridized carbons (Fsp3) is 0.818. The number of hydrogen-bond acceptors (Lipinski definition) is 1. The Morgan fingerprint density at radius 2 is 2.33 bits per heavy atom. The molecule has 1 unspecified atom stereocenters. The van der Waals surface area contributed by atoms with E-state index in [1.807, 2.05) is 0 Å². The highest BCUT2D eigenvalue weighted by Gasteiger charge is 2.28. The lowest BCUT2D eigenvalue weighted by Crippen LogP contribution is -2.31. The van der Waals surface area contributed by atoms with Gasteiger partial charge in [-0.15, -0.1) is 12.3 Å². The van der Waals surface area contributed by atoms with Crippen LogP contribution in [-0.2, 0) is 0 Å². The van der Waals surface area contributed by atoms with Gasteiger partial charge in [-0.1, -0.05) is 6.92 Å². The van der Waals surface area contributed by atoms with Crippen molar-refractivity contribution in [2.75, 3.05) is 6.54 Å². The summed E-state index contributed by atoms with van der Waals surface area (Å²) in [6.07, 6.45) is 11.3. The van der Waals surface area contributed by atoms with E-state index in [-0.39, 0.29) is 0 Å². The predicted molar refractivity (Wildman–Crippen MR) is 52.9 cm³/mol. The second-order valence-electron chi connectivity index (χ2n) is 3.61. The molecule has 0 aromatic heterocycles. The summed E-state index contributed by atoms with van der Waals surface area (Å²) in [5.74, 6) is 3.64. The molecule has 1 fully saturated rings. The topological polar surface area (TPSA) is 12.0 Å². The van der Waals surface area contributed by atoms with Crippen LogP contribution >= 0.6 is 0 Å². The molecule has 68 valence electrons. The Hall–Kier alpha value is -0.480. The van der Waals surface area contributed by atoms with Crippen LogP contribution < -0.4 is 5.32 Å². The highest BCUT2D eigenvalue weighted by molar-refractivity contribution is 4.87. The summed E-state index contributed by atoms with van der Waals surface area (Å²) in [6, 6.07) is 0.766. The number of unbranched alkanes of at least 4 members (excludes halogenated alkanes) is 1. The minimum absolute atomic E-state index is 0.766. The SMILES string of the molecule is C#CCCCNC(CC)C1CC1. The van der Waals surface area contributed by atoms with Crippen molar-refractivity contribution in [1.82, 2.24) is 5.32 Å². The average molecular weight is 165 g/mol. The van der Waals surface area contributed by atoms with Gasteiger partial charge in [0.2, 0.25) is 0 Å². The minimum atomic E-state index is 0.766. The maximum atomic E-state index is 5.17. The molecule has 1 saturated carbocycles. The molecule has 0 saturated heterocycles. The zero-order valence-electron chi connectivity index (χ0n) is 7.97. The van der Waals surface area contributed by atoms with Crippen molar-refractivity contribution in [2.24, 2.45) is 5.92 Å². The molecule has 1 aliphatic carbocycles. The maximum absolute atomic E-state index is 5.17. The monoisotopic (exact) mass is 165 g/mol. The molecular formula is C11H19N. The van der Waals surface area contributed by atoms with Gasteiger partial charge >= 0.3 is 0 Å². The zero-order valence-corrected chi connectivity index (χ0v) is 7.97. The first-order chi connectivity index (χ1) is 5.88. The Labute approximate surface area is 75.9 Å². The Morgan fingerprint density at radius 3 is 2.83 bits per heavy atom. The minimum Gasteiger partial charge on any atom is -0.314 e. The first-order valence-corrected chi connectivity index (χ1v) is 5.05. The van der Waals surface area contributed by atoms with Gasteiger partial charge in [0.05, 0.1) is 0 Å². The highest BCUT2D eigenvalue weighted by Crippen LogP contribution is 2.33. The number of hydrogen-bond donors (Lipinski definition) is 1. The molecular weight excluding hydrogens is 146 g/mol. The van der Waals surface area contributed by atoms with E-state index in [1.54, 1.807) is 0 Å². The van der Waals surface area contributed by atoms with Gasteiger partial charge < -0.3 is 5.32 Å². The quantitative estimate of drug-likeness (QED) is 0.470. The first kappa shape index (κ1) is 9.61. The Kier molecular flexibility index (Phi) is 4.18. The van der Waals surface area contributed by atoms with Crippen molar-refractivity contribution in [3.05, 3.63) is 0 Å². The van der Waals surface area contributed by atoms with Gasteiger partial charge in [-0.25, -0.2) is 0 Å². The predicted octanol–water partition coefficient (Wildman–Crippen LogP) is 2.18. The van der Waals surface area contributed by atoms with Gasteiger partial charge in [0, 0.05) is 12.5 Å². The molecule has 1 nitrogen and oxygen atoms in total. The van der Waals surface area contributed by atoms with Crippen LogP contribution in [0.5, 0.6) is 0 Å². The molecule has 0 radical (unpaired) electrons. The molecule has 1 atom stereocenters. The lowest BCUT2D eigenvalue weighted by molar-refractivity contribution is 0.448. The van der Waals surface area contributed by atoms with Gasteiger partial charge in [0.25, 0.3) is 0 Å². The smallest absolute Gasteiger partial charge is 0.00981 e. The van der Waals surface area contributed by atoms with Crippen molar-refractivity contribution >= 4 is 0 Å². The standard InChI is InChI=1S/C11H19N/c1-3-5-6-9-12-11(4-2)10-7-8-10/h1,10-12H,4-9H2,2H3. The van der Waals surface area contributed by atoms with Gasteiger partial charge in [0.15, 0.2) is 0 Å². The van der Waals surface area contributed by atoms with E-state index >= 15 is 0 Å². The van der Waals surface area contributed by atoms with E-state index < -0.39 is 0 Å². The molecule has 12 heavy (non-hydrogen) atoms. The van der Waals surface area contributed by atoms with Gasteiger partial charge in [0.1, 0.15) is 0 Å². The second-order valence-corrected chi connectivity index (χ2v) is 3.61. The van der Waals surface area contributed by atoms with E-state index in [9.17, 15) is 0 Å². The number of terminal acetylenes is 1. The Bertz CT molecular complexity index is 153. The van der Waals surface area contributed by atoms with Crippen LogP contribution in [0.2, 0.25) is 0 Å². The van der Waals surface area contributed by atoms with Crippen molar-refractivity contribution in [1.29, 1.82) is 0 Å². The molecule has 0 aliphatic heterocycles. The summed E-state index contributed by atoms with van der Waals surface area (Å²) in [5, 5.41) is 3.57. The van der Waals surface area contributed by atoms with Crippen molar-refractivity contribution in [2.45, 2.75) is 45.1 Å². The van der Waals surface area contributed by atoms with Crippen LogP contribution in [0.4, 0.5) is 0 Å². The van der Waals surface area contributed by atoms with Gasteiger partial charge in [-0.2, -0.15) is 0 Å². The summed E-state index contributed by atoms with van der Waals surface area (Å²) in [6.45, 7) is 3.36. The first-order valence-electron chi connectivity index (χ1n) is 5.05. The molecule has 0 amide bonds.